The molecule has 1 nitrogen and oxygen atoms in total. The van der Waals surface area contributed by atoms with Gasteiger partial charge in [0.15, 0.2) is 17.4 Å². The first-order chi connectivity index (χ1) is 10.5. The minimum absolute atomic E-state index is 0.0881. The summed E-state index contributed by atoms with van der Waals surface area (Å²) in [5.74, 6) is -1.49. The van der Waals surface area contributed by atoms with E-state index in [4.69, 9.17) is 7.85 Å². The van der Waals surface area contributed by atoms with Crippen LogP contribution in [0.3, 0.4) is 0 Å². The van der Waals surface area contributed by atoms with Crippen LogP contribution in [0.2, 0.25) is 0 Å². The fourth-order valence-corrected chi connectivity index (χ4v) is 3.92. The van der Waals surface area contributed by atoms with E-state index in [9.17, 15) is 13.6 Å². The molecule has 2 aromatic carbocycles. The number of benzene rings is 2. The number of carbonyl (C=O) groups is 1. The number of hydrogen-bond acceptors (Lipinski definition) is 1. The molecule has 108 valence electrons. The van der Waals surface area contributed by atoms with Crippen LogP contribution in [0.4, 0.5) is 8.78 Å². The van der Waals surface area contributed by atoms with E-state index >= 15 is 0 Å². The second-order valence-corrected chi connectivity index (χ2v) is 6.38. The summed E-state index contributed by atoms with van der Waals surface area (Å²) in [4.78, 5) is 12.9. The largest absolute Gasteiger partial charge is 0.294 e. The second kappa shape index (κ2) is 4.51. The summed E-state index contributed by atoms with van der Waals surface area (Å²) in [7, 11) is 5.78. The molecule has 0 heterocycles. The van der Waals surface area contributed by atoms with Gasteiger partial charge in [0.25, 0.3) is 0 Å². The summed E-state index contributed by atoms with van der Waals surface area (Å²) < 4.78 is 27.3. The molecule has 0 aromatic heterocycles. The molecular weight excluding hydrogens is 281 g/mol. The van der Waals surface area contributed by atoms with E-state index in [1.54, 1.807) is 18.2 Å². The first-order valence-corrected chi connectivity index (χ1v) is 7.39. The summed E-state index contributed by atoms with van der Waals surface area (Å²) in [6, 6.07) is 8.19. The molecule has 22 heavy (non-hydrogen) atoms. The number of carbonyl (C=O) groups excluding carboxylic acids is 1. The summed E-state index contributed by atoms with van der Waals surface area (Å²) in [5.41, 5.74) is 2.92. The fraction of sp³-hybridized carbons (Fsp3) is 0.278. The zero-order valence-corrected chi connectivity index (χ0v) is 12.0. The molecule has 4 rings (SSSR count). The van der Waals surface area contributed by atoms with Gasteiger partial charge in [-0.25, -0.2) is 8.78 Å². The van der Waals surface area contributed by atoms with E-state index in [1.807, 2.05) is 6.07 Å². The van der Waals surface area contributed by atoms with E-state index in [0.29, 0.717) is 42.3 Å². The Morgan fingerprint density at radius 2 is 1.77 bits per heavy atom. The van der Waals surface area contributed by atoms with E-state index in [-0.39, 0.29) is 5.78 Å². The van der Waals surface area contributed by atoms with Crippen LogP contribution in [0.1, 0.15) is 33.5 Å². The van der Waals surface area contributed by atoms with Gasteiger partial charge in [-0.3, -0.25) is 4.79 Å². The highest BCUT2D eigenvalue weighted by Crippen LogP contribution is 2.46. The smallest absolute Gasteiger partial charge is 0.169 e. The van der Waals surface area contributed by atoms with E-state index in [0.717, 1.165) is 17.2 Å². The number of Topliss-reactive ketones (excluding diaryl/α,β-unsaturated/α-hetero) is 1. The van der Waals surface area contributed by atoms with E-state index < -0.39 is 17.0 Å². The Labute approximate surface area is 128 Å². The molecule has 0 bridgehead atoms. The van der Waals surface area contributed by atoms with Crippen molar-refractivity contribution in [2.24, 2.45) is 5.41 Å². The molecule has 2 aliphatic carbocycles. The standard InChI is InChI=1S/C18H13BF2O/c19-12-3-1-11-9-18(17(22)14(11)7-12)6-5-13-10(8-18)2-4-15(20)16(13)21/h1-4,7H,5-6,8-9H2. The lowest BCUT2D eigenvalue weighted by Crippen LogP contribution is -2.35. The molecule has 2 radical (unpaired) electrons. The molecular formula is C18H13BF2O. The van der Waals surface area contributed by atoms with Crippen LogP contribution in [0, 0.1) is 17.0 Å². The third-order valence-corrected chi connectivity index (χ3v) is 5.06. The summed E-state index contributed by atoms with van der Waals surface area (Å²) in [5, 5.41) is 0. The lowest BCUT2D eigenvalue weighted by Gasteiger charge is -2.33. The maximum absolute atomic E-state index is 13.9. The molecule has 1 atom stereocenters. The molecule has 4 heteroatoms. The molecule has 0 amide bonds. The van der Waals surface area contributed by atoms with E-state index in [2.05, 4.69) is 0 Å². The molecule has 1 spiro atoms. The molecule has 2 aliphatic rings. The molecule has 0 saturated heterocycles. The maximum atomic E-state index is 13.9. The van der Waals surface area contributed by atoms with Gasteiger partial charge in [-0.2, -0.15) is 0 Å². The lowest BCUT2D eigenvalue weighted by molar-refractivity contribution is 0.0793. The van der Waals surface area contributed by atoms with Gasteiger partial charge in [0.05, 0.1) is 0 Å². The zero-order valence-electron chi connectivity index (χ0n) is 12.0. The average Bonchev–Trinajstić information content (AvgIpc) is 2.76. The first kappa shape index (κ1) is 13.7. The molecule has 0 saturated carbocycles. The number of halogens is 2. The monoisotopic (exact) mass is 294 g/mol. The van der Waals surface area contributed by atoms with Crippen molar-refractivity contribution < 1.29 is 13.6 Å². The van der Waals surface area contributed by atoms with Crippen LogP contribution < -0.4 is 5.46 Å². The lowest BCUT2D eigenvalue weighted by atomic mass is 9.69. The van der Waals surface area contributed by atoms with Gasteiger partial charge in [-0.05, 0) is 48.4 Å². The topological polar surface area (TPSA) is 17.1 Å². The van der Waals surface area contributed by atoms with Crippen LogP contribution in [0.5, 0.6) is 0 Å². The second-order valence-electron chi connectivity index (χ2n) is 6.38. The predicted molar refractivity (Wildman–Crippen MR) is 80.7 cm³/mol. The van der Waals surface area contributed by atoms with Gasteiger partial charge in [-0.15, -0.1) is 0 Å². The average molecular weight is 294 g/mol. The van der Waals surface area contributed by atoms with Gasteiger partial charge < -0.3 is 0 Å². The quantitative estimate of drug-likeness (QED) is 0.683. The highest BCUT2D eigenvalue weighted by molar-refractivity contribution is 6.33. The number of rotatable bonds is 0. The van der Waals surface area contributed by atoms with Crippen LogP contribution in [-0.2, 0) is 19.3 Å². The molecule has 1 unspecified atom stereocenters. The Balaban J connectivity index is 1.77. The summed E-state index contributed by atoms with van der Waals surface area (Å²) in [6.07, 6.45) is 2.06. The summed E-state index contributed by atoms with van der Waals surface area (Å²) >= 11 is 0. The fourth-order valence-electron chi connectivity index (χ4n) is 3.92. The van der Waals surface area contributed by atoms with Crippen molar-refractivity contribution in [3.63, 3.8) is 0 Å². The minimum atomic E-state index is -0.816. The van der Waals surface area contributed by atoms with Crippen molar-refractivity contribution in [2.45, 2.75) is 25.7 Å². The summed E-state index contributed by atoms with van der Waals surface area (Å²) in [6.45, 7) is 0. The molecule has 0 N–H and O–H groups in total. The van der Waals surface area contributed by atoms with Gasteiger partial charge in [0.1, 0.15) is 7.85 Å². The SMILES string of the molecule is [B]c1ccc2c(c1)C(=O)C1(CCc3c(ccc(F)c3F)C1)C2. The van der Waals surface area contributed by atoms with Gasteiger partial charge in [0.2, 0.25) is 0 Å². The normalized spacial score (nSPS) is 22.7. The highest BCUT2D eigenvalue weighted by Gasteiger charge is 2.47. The van der Waals surface area contributed by atoms with Crippen molar-refractivity contribution >= 4 is 19.1 Å². The number of ketones is 1. The molecule has 2 aromatic rings. The maximum Gasteiger partial charge on any atom is 0.169 e. The highest BCUT2D eigenvalue weighted by atomic mass is 19.2. The Bertz CT molecular complexity index is 815. The van der Waals surface area contributed by atoms with Crippen LogP contribution >= 0.6 is 0 Å². The van der Waals surface area contributed by atoms with Gasteiger partial charge >= 0.3 is 0 Å². The van der Waals surface area contributed by atoms with Crippen molar-refractivity contribution in [3.05, 3.63) is 64.2 Å². The van der Waals surface area contributed by atoms with Crippen molar-refractivity contribution in [2.75, 3.05) is 0 Å². The Morgan fingerprint density at radius 1 is 1.05 bits per heavy atom. The van der Waals surface area contributed by atoms with Crippen LogP contribution in [0.15, 0.2) is 30.3 Å². The molecule has 0 aliphatic heterocycles. The zero-order chi connectivity index (χ0) is 15.5. The van der Waals surface area contributed by atoms with Crippen molar-refractivity contribution in [1.29, 1.82) is 0 Å². The van der Waals surface area contributed by atoms with Gasteiger partial charge in [-0.1, -0.05) is 29.7 Å². The Hall–Kier alpha value is -1.97. The number of fused-ring (bicyclic) bond motifs is 2. The first-order valence-electron chi connectivity index (χ1n) is 7.39. The Kier molecular flexibility index (Phi) is 2.81. The van der Waals surface area contributed by atoms with Crippen LogP contribution in [-0.4, -0.2) is 13.6 Å². The van der Waals surface area contributed by atoms with Gasteiger partial charge in [0, 0.05) is 11.0 Å². The Morgan fingerprint density at radius 3 is 2.59 bits per heavy atom. The van der Waals surface area contributed by atoms with E-state index in [1.165, 1.54) is 0 Å². The predicted octanol–water partition coefficient (Wildman–Crippen LogP) is 2.67. The minimum Gasteiger partial charge on any atom is -0.294 e. The third kappa shape index (κ3) is 1.79. The molecule has 0 fully saturated rings. The van der Waals surface area contributed by atoms with Crippen molar-refractivity contribution in [3.8, 4) is 0 Å². The van der Waals surface area contributed by atoms with Crippen molar-refractivity contribution in [1.82, 2.24) is 0 Å². The van der Waals surface area contributed by atoms with Crippen LogP contribution in [0.25, 0.3) is 0 Å². The number of hydrogen-bond donors (Lipinski definition) is 0. The third-order valence-electron chi connectivity index (χ3n) is 5.06.